The van der Waals surface area contributed by atoms with Gasteiger partial charge in [0.05, 0.1) is 35.9 Å². The van der Waals surface area contributed by atoms with Crippen LogP contribution < -0.4 is 11.1 Å². The van der Waals surface area contributed by atoms with Crippen LogP contribution in [0.25, 0.3) is 33.6 Å². The molecule has 164 valence electrons. The van der Waals surface area contributed by atoms with E-state index < -0.39 is 0 Å². The third kappa shape index (κ3) is 4.11. The van der Waals surface area contributed by atoms with E-state index in [1.807, 2.05) is 12.4 Å². The zero-order chi connectivity index (χ0) is 22.1. The van der Waals surface area contributed by atoms with Gasteiger partial charge in [-0.3, -0.25) is 0 Å². The molecule has 1 fully saturated rings. The predicted molar refractivity (Wildman–Crippen MR) is 129 cm³/mol. The van der Waals surface area contributed by atoms with Gasteiger partial charge in [-0.05, 0) is 47.6 Å². The van der Waals surface area contributed by atoms with Crippen molar-refractivity contribution in [3.05, 3.63) is 72.6 Å². The summed E-state index contributed by atoms with van der Waals surface area (Å²) >= 11 is 0. The van der Waals surface area contributed by atoms with Crippen molar-refractivity contribution in [3.63, 3.8) is 0 Å². The molecule has 6 nitrogen and oxygen atoms in total. The number of nitrogens with one attached hydrogen (secondary N) is 3. The number of aromatic amines is 2. The molecule has 0 saturated carbocycles. The standard InChI is InChI=1S/C26H30N6/c1-16(2)24(27)26-30-15-23(32-26)20-11-7-18(8-12-20)17-5-9-19(10-6-17)22-14-29-25(31-22)21-4-3-13-28-21/h5-12,14-16,21,24,28H,3-4,13,27H2,1-2H3,(H,29,31)(H,30,32). The first-order valence-corrected chi connectivity index (χ1v) is 11.4. The molecule has 5 rings (SSSR count). The van der Waals surface area contributed by atoms with Crippen LogP contribution >= 0.6 is 0 Å². The van der Waals surface area contributed by atoms with Crippen LogP contribution in [-0.4, -0.2) is 26.5 Å². The van der Waals surface area contributed by atoms with Gasteiger partial charge in [0, 0.05) is 0 Å². The molecule has 0 radical (unpaired) electrons. The number of rotatable bonds is 6. The SMILES string of the molecule is CC(C)C(N)c1ncc(-c2ccc(-c3ccc(-c4cnc(C5CCCN5)[nH]4)cc3)cc2)[nH]1. The molecule has 0 bridgehead atoms. The Hall–Kier alpha value is -3.22. The van der Waals surface area contributed by atoms with Gasteiger partial charge < -0.3 is 21.0 Å². The zero-order valence-electron chi connectivity index (χ0n) is 18.6. The van der Waals surface area contributed by atoms with Gasteiger partial charge in [-0.2, -0.15) is 0 Å². The van der Waals surface area contributed by atoms with Crippen molar-refractivity contribution >= 4 is 0 Å². The molecule has 6 heteroatoms. The van der Waals surface area contributed by atoms with Gasteiger partial charge in [0.25, 0.3) is 0 Å². The summed E-state index contributed by atoms with van der Waals surface area (Å²) in [6.45, 7) is 5.28. The first kappa shape index (κ1) is 20.7. The molecule has 0 spiro atoms. The number of H-pyrrole nitrogens is 2. The summed E-state index contributed by atoms with van der Waals surface area (Å²) in [5.41, 5.74) is 12.9. The van der Waals surface area contributed by atoms with E-state index in [1.165, 1.54) is 17.5 Å². The Morgan fingerprint density at radius 1 is 0.812 bits per heavy atom. The minimum Gasteiger partial charge on any atom is -0.341 e. The Morgan fingerprint density at radius 2 is 1.38 bits per heavy atom. The van der Waals surface area contributed by atoms with Crippen LogP contribution in [0.5, 0.6) is 0 Å². The van der Waals surface area contributed by atoms with Crippen molar-refractivity contribution in [2.45, 2.75) is 38.8 Å². The lowest BCUT2D eigenvalue weighted by Crippen LogP contribution is -2.18. The summed E-state index contributed by atoms with van der Waals surface area (Å²) in [4.78, 5) is 15.9. The molecule has 0 aliphatic carbocycles. The Morgan fingerprint density at radius 3 is 1.94 bits per heavy atom. The van der Waals surface area contributed by atoms with Crippen LogP contribution in [0.2, 0.25) is 0 Å². The number of hydrogen-bond donors (Lipinski definition) is 4. The third-order valence-corrected chi connectivity index (χ3v) is 6.34. The van der Waals surface area contributed by atoms with Crippen LogP contribution in [0.15, 0.2) is 60.9 Å². The maximum Gasteiger partial charge on any atom is 0.123 e. The van der Waals surface area contributed by atoms with E-state index in [9.17, 15) is 0 Å². The zero-order valence-corrected chi connectivity index (χ0v) is 18.6. The molecule has 1 aliphatic rings. The van der Waals surface area contributed by atoms with Gasteiger partial charge in [0.2, 0.25) is 0 Å². The fraction of sp³-hybridized carbons (Fsp3) is 0.308. The number of nitrogens with two attached hydrogens (primary N) is 1. The van der Waals surface area contributed by atoms with Crippen molar-refractivity contribution in [3.8, 4) is 33.6 Å². The smallest absolute Gasteiger partial charge is 0.123 e. The highest BCUT2D eigenvalue weighted by atomic mass is 15.0. The minimum atomic E-state index is -0.0816. The summed E-state index contributed by atoms with van der Waals surface area (Å²) < 4.78 is 0. The van der Waals surface area contributed by atoms with Crippen molar-refractivity contribution in [2.75, 3.05) is 6.54 Å². The fourth-order valence-corrected chi connectivity index (χ4v) is 4.23. The van der Waals surface area contributed by atoms with Crippen molar-refractivity contribution in [1.29, 1.82) is 0 Å². The Labute approximate surface area is 188 Å². The quantitative estimate of drug-likeness (QED) is 0.340. The van der Waals surface area contributed by atoms with E-state index in [1.54, 1.807) is 0 Å². The second-order valence-corrected chi connectivity index (χ2v) is 8.94. The first-order chi connectivity index (χ1) is 15.6. The highest BCUT2D eigenvalue weighted by Gasteiger charge is 2.19. The van der Waals surface area contributed by atoms with Gasteiger partial charge in [0.1, 0.15) is 11.6 Å². The molecule has 5 N–H and O–H groups in total. The molecule has 0 amide bonds. The minimum absolute atomic E-state index is 0.0816. The van der Waals surface area contributed by atoms with Crippen LogP contribution in [0.3, 0.4) is 0 Å². The maximum absolute atomic E-state index is 6.21. The topological polar surface area (TPSA) is 95.4 Å². The lowest BCUT2D eigenvalue weighted by molar-refractivity contribution is 0.494. The predicted octanol–water partition coefficient (Wildman–Crippen LogP) is 5.21. The second-order valence-electron chi connectivity index (χ2n) is 8.94. The average molecular weight is 427 g/mol. The summed E-state index contributed by atoms with van der Waals surface area (Å²) in [5, 5.41) is 3.49. The molecular weight excluding hydrogens is 396 g/mol. The molecule has 2 unspecified atom stereocenters. The molecule has 1 saturated heterocycles. The molecule has 3 heterocycles. The maximum atomic E-state index is 6.21. The van der Waals surface area contributed by atoms with Gasteiger partial charge in [-0.1, -0.05) is 62.4 Å². The summed E-state index contributed by atoms with van der Waals surface area (Å²) in [6, 6.07) is 17.4. The Bertz CT molecular complexity index is 1080. The summed E-state index contributed by atoms with van der Waals surface area (Å²) in [7, 11) is 0. The molecule has 4 aromatic rings. The van der Waals surface area contributed by atoms with Crippen LogP contribution in [-0.2, 0) is 0 Å². The molecule has 2 aromatic heterocycles. The summed E-state index contributed by atoms with van der Waals surface area (Å²) in [6.07, 6.45) is 6.15. The Balaban J connectivity index is 1.30. The lowest BCUT2D eigenvalue weighted by Gasteiger charge is -2.12. The first-order valence-electron chi connectivity index (χ1n) is 11.4. The number of nitrogens with zero attached hydrogens (tertiary/aromatic N) is 2. The largest absolute Gasteiger partial charge is 0.341 e. The third-order valence-electron chi connectivity index (χ3n) is 6.34. The van der Waals surface area contributed by atoms with Gasteiger partial charge in [-0.15, -0.1) is 0 Å². The molecule has 1 aliphatic heterocycles. The molecular formula is C26H30N6. The van der Waals surface area contributed by atoms with Crippen molar-refractivity contribution in [2.24, 2.45) is 11.7 Å². The van der Waals surface area contributed by atoms with E-state index in [0.717, 1.165) is 47.1 Å². The van der Waals surface area contributed by atoms with Crippen LogP contribution in [0.1, 0.15) is 50.4 Å². The molecule has 2 aromatic carbocycles. The van der Waals surface area contributed by atoms with E-state index in [4.69, 9.17) is 5.73 Å². The monoisotopic (exact) mass is 426 g/mol. The van der Waals surface area contributed by atoms with Crippen LogP contribution in [0, 0.1) is 5.92 Å². The molecule has 2 atom stereocenters. The second kappa shape index (κ2) is 8.73. The number of benzene rings is 2. The highest BCUT2D eigenvalue weighted by Crippen LogP contribution is 2.28. The highest BCUT2D eigenvalue weighted by molar-refractivity contribution is 5.71. The van der Waals surface area contributed by atoms with Crippen LogP contribution in [0.4, 0.5) is 0 Å². The van der Waals surface area contributed by atoms with E-state index >= 15 is 0 Å². The van der Waals surface area contributed by atoms with Crippen molar-refractivity contribution in [1.82, 2.24) is 25.3 Å². The van der Waals surface area contributed by atoms with Gasteiger partial charge >= 0.3 is 0 Å². The normalized spacial score (nSPS) is 17.2. The number of imidazole rings is 2. The molecule has 32 heavy (non-hydrogen) atoms. The lowest BCUT2D eigenvalue weighted by atomic mass is 10.0. The Kier molecular flexibility index (Phi) is 5.64. The van der Waals surface area contributed by atoms with E-state index in [-0.39, 0.29) is 6.04 Å². The number of aromatic nitrogens is 4. The fourth-order valence-electron chi connectivity index (χ4n) is 4.23. The average Bonchev–Trinajstić information content (AvgIpc) is 3.60. The summed E-state index contributed by atoms with van der Waals surface area (Å²) in [5.74, 6) is 2.21. The van der Waals surface area contributed by atoms with E-state index in [2.05, 4.69) is 87.6 Å². The van der Waals surface area contributed by atoms with Crippen molar-refractivity contribution < 1.29 is 0 Å². The number of hydrogen-bond acceptors (Lipinski definition) is 4. The van der Waals surface area contributed by atoms with E-state index in [0.29, 0.717) is 12.0 Å². The van der Waals surface area contributed by atoms with Gasteiger partial charge in [-0.25, -0.2) is 9.97 Å². The van der Waals surface area contributed by atoms with Gasteiger partial charge in [0.15, 0.2) is 0 Å².